The van der Waals surface area contributed by atoms with Gasteiger partial charge in [-0.3, -0.25) is 19.0 Å². The minimum atomic E-state index is -0.685. The molecule has 0 spiro atoms. The lowest BCUT2D eigenvalue weighted by Gasteiger charge is -2.43. The minimum absolute atomic E-state index is 0.0793. The zero-order valence-corrected chi connectivity index (χ0v) is 35.1. The van der Waals surface area contributed by atoms with Gasteiger partial charge in [0.05, 0.1) is 24.4 Å². The molecule has 0 radical (unpaired) electrons. The van der Waals surface area contributed by atoms with Crippen LogP contribution in [-0.2, 0) is 23.1 Å². The molecule has 2 N–H and O–H groups in total. The Morgan fingerprint density at radius 2 is 1.59 bits per heavy atom. The molecule has 9 rings (SSSR count). The molecule has 5 fully saturated rings. The topological polar surface area (TPSA) is 176 Å². The lowest BCUT2D eigenvalue weighted by molar-refractivity contribution is -0.132. The molecule has 3 amide bonds. The Hall–Kier alpha value is -5.90. The molecule has 2 aromatic heterocycles. The van der Waals surface area contributed by atoms with Crippen LogP contribution in [0.5, 0.6) is 0 Å². The van der Waals surface area contributed by atoms with Crippen molar-refractivity contribution in [2.45, 2.75) is 69.4 Å². The van der Waals surface area contributed by atoms with Gasteiger partial charge in [-0.25, -0.2) is 24.2 Å². The molecule has 5 aliphatic rings. The van der Waals surface area contributed by atoms with Crippen molar-refractivity contribution in [3.8, 4) is 11.4 Å². The third kappa shape index (κ3) is 8.29. The van der Waals surface area contributed by atoms with Crippen molar-refractivity contribution in [2.24, 2.45) is 18.7 Å². The van der Waals surface area contributed by atoms with Crippen molar-refractivity contribution in [3.63, 3.8) is 0 Å². The summed E-state index contributed by atoms with van der Waals surface area (Å²) in [4.78, 5) is 82.6. The van der Waals surface area contributed by atoms with E-state index in [2.05, 4.69) is 61.2 Å². The quantitative estimate of drug-likeness (QED) is 0.220. The number of aromatic nitrogens is 5. The van der Waals surface area contributed by atoms with E-state index in [1.54, 1.807) is 18.1 Å². The summed E-state index contributed by atoms with van der Waals surface area (Å²) in [6.07, 6.45) is 6.71. The van der Waals surface area contributed by atoms with Crippen molar-refractivity contribution in [2.75, 3.05) is 75.8 Å². The van der Waals surface area contributed by atoms with E-state index < -0.39 is 11.9 Å². The molecule has 4 saturated heterocycles. The van der Waals surface area contributed by atoms with Gasteiger partial charge in [0.2, 0.25) is 0 Å². The molecule has 2 atom stereocenters. The number of hydrogen-bond acceptors (Lipinski definition) is 11. The molecular weight excluding hydrogens is 775 g/mol. The van der Waals surface area contributed by atoms with E-state index in [9.17, 15) is 24.0 Å². The molecule has 6 heterocycles. The molecular formula is C45H55N11O5. The molecule has 320 valence electrons. The third-order valence-corrected chi connectivity index (χ3v) is 13.6. The number of carbonyl (C=O) groups is 4. The monoisotopic (exact) mass is 829 g/mol. The number of rotatable bonds is 11. The fourth-order valence-corrected chi connectivity index (χ4v) is 9.94. The van der Waals surface area contributed by atoms with Gasteiger partial charge in [-0.1, -0.05) is 24.3 Å². The highest BCUT2D eigenvalue weighted by Crippen LogP contribution is 2.32. The first-order chi connectivity index (χ1) is 29.5. The Balaban J connectivity index is 0.749. The number of benzene rings is 2. The zero-order valence-electron chi connectivity index (χ0n) is 35.1. The predicted molar refractivity (Wildman–Crippen MR) is 230 cm³/mol. The predicted octanol–water partition coefficient (Wildman–Crippen LogP) is 3.24. The van der Waals surface area contributed by atoms with E-state index in [0.29, 0.717) is 48.6 Å². The van der Waals surface area contributed by atoms with Crippen molar-refractivity contribution < 1.29 is 19.2 Å². The highest BCUT2D eigenvalue weighted by atomic mass is 16.2. The van der Waals surface area contributed by atoms with Crippen LogP contribution < -0.4 is 21.2 Å². The van der Waals surface area contributed by atoms with Crippen LogP contribution in [0.15, 0.2) is 59.5 Å². The first-order valence-electron chi connectivity index (χ1n) is 21.8. The summed E-state index contributed by atoms with van der Waals surface area (Å²) in [6.45, 7) is 8.14. The Morgan fingerprint density at radius 1 is 0.836 bits per heavy atom. The number of piperidine rings is 2. The molecule has 4 aromatic rings. The molecule has 16 nitrogen and oxygen atoms in total. The van der Waals surface area contributed by atoms with Crippen LogP contribution >= 0.6 is 0 Å². The number of nitrogens with zero attached hydrogens (tertiary/aromatic N) is 10. The third-order valence-electron chi connectivity index (χ3n) is 13.6. The van der Waals surface area contributed by atoms with Gasteiger partial charge in [-0.2, -0.15) is 0 Å². The summed E-state index contributed by atoms with van der Waals surface area (Å²) >= 11 is 0. The number of amides is 3. The second-order valence-corrected chi connectivity index (χ2v) is 17.7. The number of anilines is 2. The Kier molecular flexibility index (Phi) is 11.2. The number of urea groups is 1. The minimum Gasteiger partial charge on any atom is -0.372 e. The molecule has 1 unspecified atom stereocenters. The van der Waals surface area contributed by atoms with Crippen LogP contribution in [0.4, 0.5) is 16.3 Å². The number of ketones is 2. The van der Waals surface area contributed by atoms with Crippen molar-refractivity contribution in [1.29, 1.82) is 0 Å². The summed E-state index contributed by atoms with van der Waals surface area (Å²) in [5, 5.41) is 4.54. The van der Waals surface area contributed by atoms with Crippen LogP contribution in [0.3, 0.4) is 0 Å². The van der Waals surface area contributed by atoms with E-state index in [-0.39, 0.29) is 47.9 Å². The number of carbonyl (C=O) groups excluding carboxylic acids is 4. The fourth-order valence-electron chi connectivity index (χ4n) is 9.94. The van der Waals surface area contributed by atoms with Gasteiger partial charge in [0, 0.05) is 103 Å². The molecule has 1 saturated carbocycles. The van der Waals surface area contributed by atoms with Gasteiger partial charge < -0.3 is 30.2 Å². The smallest absolute Gasteiger partial charge is 0.346 e. The van der Waals surface area contributed by atoms with Crippen molar-refractivity contribution in [3.05, 3.63) is 87.7 Å². The summed E-state index contributed by atoms with van der Waals surface area (Å²) in [5.74, 6) is 1.44. The lowest BCUT2D eigenvalue weighted by Crippen LogP contribution is -2.49. The van der Waals surface area contributed by atoms with Crippen LogP contribution in [0.1, 0.15) is 84.2 Å². The van der Waals surface area contributed by atoms with Crippen LogP contribution in [0, 0.1) is 5.92 Å². The van der Waals surface area contributed by atoms with E-state index in [0.717, 1.165) is 94.9 Å². The number of hydrogen-bond donors (Lipinski definition) is 1. The first-order valence-corrected chi connectivity index (χ1v) is 21.8. The Labute approximate surface area is 355 Å². The normalized spacial score (nSPS) is 22.0. The van der Waals surface area contributed by atoms with E-state index in [4.69, 9.17) is 10.7 Å². The Bertz CT molecular complexity index is 2360. The number of likely N-dealkylation sites (tertiary alicyclic amines) is 1. The van der Waals surface area contributed by atoms with Gasteiger partial charge in [-0.15, -0.1) is 5.10 Å². The van der Waals surface area contributed by atoms with E-state index in [1.165, 1.54) is 14.8 Å². The summed E-state index contributed by atoms with van der Waals surface area (Å²) in [6, 6.07) is 16.3. The maximum absolute atomic E-state index is 13.0. The number of primary amides is 1. The molecule has 61 heavy (non-hydrogen) atoms. The summed E-state index contributed by atoms with van der Waals surface area (Å²) in [7, 11) is 3.51. The second-order valence-electron chi connectivity index (χ2n) is 17.7. The molecule has 16 heteroatoms. The first kappa shape index (κ1) is 40.5. The highest BCUT2D eigenvalue weighted by Gasteiger charge is 2.36. The summed E-state index contributed by atoms with van der Waals surface area (Å²) in [5.41, 5.74) is 10.5. The number of nitrogens with two attached hydrogens (primary N) is 1. The van der Waals surface area contributed by atoms with Crippen molar-refractivity contribution >= 4 is 35.0 Å². The number of Topliss-reactive ketones (excluding diaryl/α,β-unsaturated/α-hetero) is 2. The van der Waals surface area contributed by atoms with Gasteiger partial charge in [0.1, 0.15) is 23.3 Å². The average Bonchev–Trinajstić information content (AvgIpc) is 3.75. The van der Waals surface area contributed by atoms with Gasteiger partial charge in [-0.05, 0) is 73.4 Å². The highest BCUT2D eigenvalue weighted by molar-refractivity contribution is 6.03. The van der Waals surface area contributed by atoms with Crippen LogP contribution in [0.25, 0.3) is 11.4 Å². The van der Waals surface area contributed by atoms with Crippen molar-refractivity contribution in [1.82, 2.24) is 39.0 Å². The van der Waals surface area contributed by atoms with Gasteiger partial charge >= 0.3 is 11.7 Å². The molecule has 0 bridgehead atoms. The van der Waals surface area contributed by atoms with Crippen LogP contribution in [0.2, 0.25) is 0 Å². The molecule has 2 aromatic carbocycles. The Morgan fingerprint density at radius 3 is 2.28 bits per heavy atom. The molecule has 1 aliphatic carbocycles. The SMILES string of the molecule is CN1CCN([C@@H]2CCCN(c3cnc(C(N)=O)c(Cc4ccc(C5CN(CC6CCN(c7ccc(-c8nn(C9CCC(=O)CC9=O)c(=O)n8C)cc7)CC6)C5)cc4)n3)C2)C1=O. The fraction of sp³-hybridized carbons (Fsp3) is 0.511. The van der Waals surface area contributed by atoms with Crippen LogP contribution in [-0.4, -0.2) is 135 Å². The van der Waals surface area contributed by atoms with E-state index >= 15 is 0 Å². The second kappa shape index (κ2) is 16.9. The zero-order chi connectivity index (χ0) is 42.4. The standard InChI is InChI=1S/C45H55N11O5/c1-50-20-21-55(44(50)60)35-4-3-17-54(28-35)40-24-47-41(42(46)59)37(48-40)22-29-5-7-31(8-6-29)33-26-52(27-33)25-30-15-18-53(19-16-30)34-11-9-32(10-12-34)43-49-56(45(61)51(43)2)38-14-13-36(57)23-39(38)58/h5-12,24,30,33,35,38H,3-4,13-23,25-28H2,1-2H3,(H2,46,59)/t35-,38?/m1/s1. The van der Waals surface area contributed by atoms with Gasteiger partial charge in [0.15, 0.2) is 11.6 Å². The van der Waals surface area contributed by atoms with Gasteiger partial charge in [0.25, 0.3) is 5.91 Å². The lowest BCUT2D eigenvalue weighted by atomic mass is 9.88. The maximum Gasteiger partial charge on any atom is 0.346 e. The largest absolute Gasteiger partial charge is 0.372 e. The maximum atomic E-state index is 13.0. The summed E-state index contributed by atoms with van der Waals surface area (Å²) < 4.78 is 2.73. The van der Waals surface area contributed by atoms with E-state index in [1.807, 2.05) is 24.1 Å². The average molecular weight is 830 g/mol. The molecule has 4 aliphatic heterocycles. The number of likely N-dealkylation sites (N-methyl/N-ethyl adjacent to an activating group) is 1.